The first-order valence-corrected chi connectivity index (χ1v) is 20.0. The molecule has 0 bridgehead atoms. The van der Waals surface area contributed by atoms with E-state index in [1.165, 1.54) is 25.6 Å². The summed E-state index contributed by atoms with van der Waals surface area (Å²) in [6, 6.07) is 7.11. The summed E-state index contributed by atoms with van der Waals surface area (Å²) in [6.45, 7) is 5.05. The zero-order valence-electron chi connectivity index (χ0n) is 33.5. The Kier molecular flexibility index (Phi) is 20.7. The number of Topliss-reactive ketones (excluding diaryl/α,β-unsaturated/α-hetero) is 1. The van der Waals surface area contributed by atoms with Gasteiger partial charge in [-0.25, -0.2) is 4.98 Å². The van der Waals surface area contributed by atoms with E-state index in [9.17, 15) is 19.2 Å². The average Bonchev–Trinajstić information content (AvgIpc) is 3.86. The van der Waals surface area contributed by atoms with Gasteiger partial charge in [-0.2, -0.15) is 0 Å². The van der Waals surface area contributed by atoms with Crippen LogP contribution >= 0.6 is 11.3 Å². The summed E-state index contributed by atoms with van der Waals surface area (Å²) in [5.41, 5.74) is 1.51. The summed E-state index contributed by atoms with van der Waals surface area (Å²) < 4.78 is 55.7. The number of carbonyl (C=O) groups is 4. The van der Waals surface area contributed by atoms with Crippen molar-refractivity contribution in [3.8, 4) is 35.5 Å². The van der Waals surface area contributed by atoms with Crippen LogP contribution in [-0.2, 0) is 55.9 Å². The number of benzene rings is 1. The number of terminal acetylenes is 1. The van der Waals surface area contributed by atoms with E-state index < -0.39 is 11.9 Å². The number of pyridine rings is 1. The van der Waals surface area contributed by atoms with Gasteiger partial charge in [0.15, 0.2) is 23.0 Å². The zero-order chi connectivity index (χ0) is 42.2. The molecule has 1 aliphatic heterocycles. The highest BCUT2D eigenvalue weighted by Crippen LogP contribution is 2.37. The average molecular weight is 845 g/mol. The number of nitrogens with zero attached hydrogens (tertiary/aromatic N) is 2. The molecule has 1 aromatic carbocycles. The molecule has 1 N–H and O–H groups in total. The maximum atomic E-state index is 13.0. The largest absolute Gasteiger partial charge is 0.493 e. The lowest BCUT2D eigenvalue weighted by Crippen LogP contribution is -2.26. The van der Waals surface area contributed by atoms with Crippen LogP contribution in [-0.4, -0.2) is 139 Å². The summed E-state index contributed by atoms with van der Waals surface area (Å²) in [5.74, 6) is 2.17. The van der Waals surface area contributed by atoms with Gasteiger partial charge in [0.1, 0.15) is 13.2 Å². The Bertz CT molecular complexity index is 1860. The van der Waals surface area contributed by atoms with Crippen molar-refractivity contribution in [3.05, 3.63) is 40.4 Å². The van der Waals surface area contributed by atoms with Gasteiger partial charge in [0, 0.05) is 36.6 Å². The van der Waals surface area contributed by atoms with E-state index in [0.717, 1.165) is 15.6 Å². The number of rotatable bonds is 31. The van der Waals surface area contributed by atoms with Crippen LogP contribution in [0.4, 0.5) is 0 Å². The molecule has 3 aromatic rings. The summed E-state index contributed by atoms with van der Waals surface area (Å²) >= 11 is 1.28. The number of ketones is 1. The van der Waals surface area contributed by atoms with Crippen molar-refractivity contribution in [2.45, 2.75) is 45.2 Å². The first-order valence-electron chi connectivity index (χ1n) is 19.2. The molecule has 0 fully saturated rings. The maximum absolute atomic E-state index is 13.0. The monoisotopic (exact) mass is 844 g/mol. The van der Waals surface area contributed by atoms with Gasteiger partial charge in [-0.05, 0) is 29.1 Å². The number of thiophene rings is 1. The predicted molar refractivity (Wildman–Crippen MR) is 213 cm³/mol. The normalized spacial score (nSPS) is 11.9. The fraction of sp³-hybridized carbons (Fsp3) is 0.537. The summed E-state index contributed by atoms with van der Waals surface area (Å²) in [6.07, 6.45) is 5.23. The Balaban J connectivity index is 1.07. The Morgan fingerprint density at radius 2 is 1.37 bits per heavy atom. The van der Waals surface area contributed by atoms with E-state index in [1.54, 1.807) is 29.2 Å². The Hall–Kier alpha value is -5.03. The molecular weight excluding hydrogens is 793 g/mol. The van der Waals surface area contributed by atoms with Gasteiger partial charge in [0.05, 0.1) is 117 Å². The molecule has 0 saturated carbocycles. The van der Waals surface area contributed by atoms with Crippen molar-refractivity contribution in [1.29, 1.82) is 0 Å². The lowest BCUT2D eigenvalue weighted by molar-refractivity contribution is -0.147. The second kappa shape index (κ2) is 26.1. The van der Waals surface area contributed by atoms with Crippen LogP contribution in [0.5, 0.6) is 23.1 Å². The van der Waals surface area contributed by atoms with Crippen molar-refractivity contribution in [2.75, 3.05) is 100 Å². The van der Waals surface area contributed by atoms with Crippen LogP contribution in [0.15, 0.2) is 24.3 Å². The van der Waals surface area contributed by atoms with Gasteiger partial charge >= 0.3 is 11.9 Å². The first-order chi connectivity index (χ1) is 28.7. The molecule has 0 spiro atoms. The van der Waals surface area contributed by atoms with E-state index in [0.29, 0.717) is 99.5 Å². The second-order valence-electron chi connectivity index (χ2n) is 12.8. The number of aromatic nitrogens is 1. The third-order valence-electron chi connectivity index (χ3n) is 8.53. The van der Waals surface area contributed by atoms with Crippen molar-refractivity contribution in [1.82, 2.24) is 9.88 Å². The third kappa shape index (κ3) is 16.3. The van der Waals surface area contributed by atoms with Crippen LogP contribution in [0.25, 0.3) is 10.1 Å². The SMILES string of the molecule is C#CCOCCOCCOCCOCCOCCOC(=O)CCC(=O)N1Cc2cc(OC)c(OCCCOc3cc4cc(C(=O)CCC(=O)O)sc4cc3OC)nc2C1. The Morgan fingerprint density at radius 1 is 0.729 bits per heavy atom. The molecule has 0 unspecified atom stereocenters. The Labute approximate surface area is 347 Å². The summed E-state index contributed by atoms with van der Waals surface area (Å²) in [7, 11) is 3.04. The van der Waals surface area contributed by atoms with Crippen LogP contribution in [0.2, 0.25) is 0 Å². The molecule has 18 heteroatoms. The molecule has 322 valence electrons. The van der Waals surface area contributed by atoms with E-state index >= 15 is 0 Å². The highest BCUT2D eigenvalue weighted by Gasteiger charge is 2.27. The number of carboxylic acids is 1. The van der Waals surface area contributed by atoms with Crippen molar-refractivity contribution in [2.24, 2.45) is 0 Å². The molecule has 1 aliphatic rings. The van der Waals surface area contributed by atoms with Crippen LogP contribution in [0.1, 0.15) is 53.0 Å². The topological polar surface area (TPSA) is 197 Å². The molecule has 17 nitrogen and oxygen atoms in total. The molecule has 0 aliphatic carbocycles. The van der Waals surface area contributed by atoms with Gasteiger partial charge in [-0.15, -0.1) is 17.8 Å². The van der Waals surface area contributed by atoms with Crippen molar-refractivity contribution >= 4 is 45.1 Å². The minimum atomic E-state index is -1.02. The van der Waals surface area contributed by atoms with Gasteiger partial charge < -0.3 is 57.4 Å². The van der Waals surface area contributed by atoms with E-state index in [2.05, 4.69) is 10.9 Å². The molecule has 0 saturated heterocycles. The van der Waals surface area contributed by atoms with Crippen LogP contribution < -0.4 is 18.9 Å². The lowest BCUT2D eigenvalue weighted by atomic mass is 10.1. The van der Waals surface area contributed by atoms with Crippen molar-refractivity contribution in [3.63, 3.8) is 0 Å². The number of ether oxygens (including phenoxy) is 10. The van der Waals surface area contributed by atoms with Gasteiger partial charge in [-0.1, -0.05) is 5.92 Å². The molecule has 0 radical (unpaired) electrons. The number of carboxylic acid groups (broad SMARTS) is 1. The molecule has 3 heterocycles. The minimum absolute atomic E-state index is 0.00661. The van der Waals surface area contributed by atoms with Crippen molar-refractivity contribution < 1.29 is 71.7 Å². The number of amides is 1. The molecule has 1 amide bonds. The van der Waals surface area contributed by atoms with E-state index in [4.69, 9.17) is 58.9 Å². The number of hydrogen-bond donors (Lipinski definition) is 1. The van der Waals surface area contributed by atoms with Gasteiger partial charge in [0.2, 0.25) is 5.91 Å². The fourth-order valence-corrected chi connectivity index (χ4v) is 6.61. The number of fused-ring (bicyclic) bond motifs is 2. The second-order valence-corrected chi connectivity index (χ2v) is 13.9. The van der Waals surface area contributed by atoms with E-state index in [1.807, 2.05) is 0 Å². The molecule has 59 heavy (non-hydrogen) atoms. The number of esters is 1. The summed E-state index contributed by atoms with van der Waals surface area (Å²) in [5, 5.41) is 9.69. The quantitative estimate of drug-likeness (QED) is 0.0420. The number of hydrogen-bond acceptors (Lipinski definition) is 16. The highest BCUT2D eigenvalue weighted by atomic mass is 32.1. The van der Waals surface area contributed by atoms with Gasteiger partial charge in [-0.3, -0.25) is 19.2 Å². The molecule has 4 rings (SSSR count). The predicted octanol–water partition coefficient (Wildman–Crippen LogP) is 4.09. The molecular formula is C41H52N2O15S. The maximum Gasteiger partial charge on any atom is 0.306 e. The molecule has 2 aromatic heterocycles. The standard InChI is InChI=1S/C41H52N2O15S/c1-4-10-51-13-14-52-15-16-53-17-18-54-19-20-55-21-22-57-40(48)9-7-38(45)43-27-30-24-35(50-3)41(42-31(30)28-43)58-12-5-11-56-34-23-29-25-37(32(44)6-8-39(46)47)59-36(29)26-33(34)49-2/h1,23-26H,5-22,27-28H2,2-3H3,(H,46,47). The van der Waals surface area contributed by atoms with Gasteiger partial charge in [0.25, 0.3) is 5.88 Å². The third-order valence-corrected chi connectivity index (χ3v) is 9.67. The Morgan fingerprint density at radius 3 is 2.02 bits per heavy atom. The van der Waals surface area contributed by atoms with E-state index in [-0.39, 0.29) is 77.0 Å². The lowest BCUT2D eigenvalue weighted by Gasteiger charge is -2.14. The first kappa shape index (κ1) is 46.7. The highest BCUT2D eigenvalue weighted by molar-refractivity contribution is 7.20. The van der Waals surface area contributed by atoms with Crippen LogP contribution in [0.3, 0.4) is 0 Å². The zero-order valence-corrected chi connectivity index (χ0v) is 34.3. The van der Waals surface area contributed by atoms with Crippen LogP contribution in [0, 0.1) is 12.3 Å². The number of carbonyl (C=O) groups excluding carboxylic acids is 3. The smallest absolute Gasteiger partial charge is 0.306 e. The molecule has 0 atom stereocenters. The summed E-state index contributed by atoms with van der Waals surface area (Å²) in [4.78, 5) is 55.2. The number of methoxy groups -OCH3 is 2. The number of aliphatic carboxylic acids is 1. The fourth-order valence-electron chi connectivity index (χ4n) is 5.57. The minimum Gasteiger partial charge on any atom is -0.493 e.